The minimum atomic E-state index is -0.184. The Hall–Kier alpha value is -2.69. The van der Waals surface area contributed by atoms with Crippen LogP contribution in [-0.4, -0.2) is 25.2 Å². The molecule has 2 rings (SSSR count). The van der Waals surface area contributed by atoms with Gasteiger partial charge in [0.05, 0.1) is 20.6 Å². The molecule has 0 aliphatic carbocycles. The summed E-state index contributed by atoms with van der Waals surface area (Å²) in [7, 11) is 3.10. The summed E-state index contributed by atoms with van der Waals surface area (Å²) in [4.78, 5) is 12.0. The van der Waals surface area contributed by atoms with Crippen LogP contribution < -0.4 is 14.8 Å². The van der Waals surface area contributed by atoms with Crippen LogP contribution in [0, 0.1) is 0 Å². The quantitative estimate of drug-likeness (QED) is 0.887. The van der Waals surface area contributed by atoms with Crippen LogP contribution in [0.2, 0.25) is 0 Å². The molecule has 0 aromatic heterocycles. The molecule has 0 aliphatic heterocycles. The average Bonchev–Trinajstić information content (AvgIpc) is 2.46. The maximum atomic E-state index is 12.0. The Labute approximate surface area is 123 Å². The number of hydrogen-bond donors (Lipinski definition) is 2. The van der Waals surface area contributed by atoms with Gasteiger partial charge in [-0.3, -0.25) is 4.79 Å². The highest BCUT2D eigenvalue weighted by molar-refractivity contribution is 5.92. The largest absolute Gasteiger partial charge is 0.508 e. The van der Waals surface area contributed by atoms with Gasteiger partial charge in [-0.2, -0.15) is 0 Å². The first-order valence-corrected chi connectivity index (χ1v) is 6.41. The van der Waals surface area contributed by atoms with E-state index in [4.69, 9.17) is 9.47 Å². The molecule has 0 aliphatic rings. The number of aromatic hydroxyl groups is 1. The minimum Gasteiger partial charge on any atom is -0.508 e. The van der Waals surface area contributed by atoms with E-state index < -0.39 is 0 Å². The van der Waals surface area contributed by atoms with E-state index in [2.05, 4.69) is 5.32 Å². The molecule has 0 unspecified atom stereocenters. The highest BCUT2D eigenvalue weighted by atomic mass is 16.5. The topological polar surface area (TPSA) is 67.8 Å². The van der Waals surface area contributed by atoms with Crippen LogP contribution in [0.15, 0.2) is 42.5 Å². The second-order valence-electron chi connectivity index (χ2n) is 4.50. The van der Waals surface area contributed by atoms with Gasteiger partial charge in [-0.05, 0) is 17.7 Å². The molecule has 5 heteroatoms. The zero-order valence-electron chi connectivity index (χ0n) is 11.9. The Morgan fingerprint density at radius 1 is 1.10 bits per heavy atom. The number of carbonyl (C=O) groups is 1. The third kappa shape index (κ3) is 4.14. The van der Waals surface area contributed by atoms with Crippen molar-refractivity contribution in [3.05, 3.63) is 48.0 Å². The van der Waals surface area contributed by atoms with Crippen LogP contribution >= 0.6 is 0 Å². The molecule has 2 aromatic carbocycles. The number of nitrogens with one attached hydrogen (secondary N) is 1. The zero-order chi connectivity index (χ0) is 15.2. The highest BCUT2D eigenvalue weighted by Gasteiger charge is 2.07. The smallest absolute Gasteiger partial charge is 0.228 e. The number of anilines is 1. The number of amides is 1. The van der Waals surface area contributed by atoms with Crippen molar-refractivity contribution in [2.24, 2.45) is 0 Å². The van der Waals surface area contributed by atoms with Crippen molar-refractivity contribution in [3.63, 3.8) is 0 Å². The van der Waals surface area contributed by atoms with E-state index in [1.54, 1.807) is 56.7 Å². The Kier molecular flexibility index (Phi) is 4.66. The van der Waals surface area contributed by atoms with Crippen molar-refractivity contribution in [2.75, 3.05) is 19.5 Å². The lowest BCUT2D eigenvalue weighted by Crippen LogP contribution is -2.14. The molecule has 0 spiro atoms. The fraction of sp³-hybridized carbons (Fsp3) is 0.188. The van der Waals surface area contributed by atoms with Gasteiger partial charge in [-0.1, -0.05) is 12.1 Å². The van der Waals surface area contributed by atoms with Gasteiger partial charge in [0, 0.05) is 23.9 Å². The van der Waals surface area contributed by atoms with Gasteiger partial charge in [0.1, 0.15) is 17.2 Å². The number of carbonyl (C=O) groups excluding carboxylic acids is 1. The van der Waals surface area contributed by atoms with Crippen LogP contribution in [0.25, 0.3) is 0 Å². The maximum absolute atomic E-state index is 12.0. The van der Waals surface area contributed by atoms with Crippen LogP contribution in [-0.2, 0) is 11.2 Å². The molecule has 0 fully saturated rings. The summed E-state index contributed by atoms with van der Waals surface area (Å²) in [5.74, 6) is 1.16. The molecular formula is C16H17NO4. The molecule has 1 amide bonds. The Morgan fingerprint density at radius 3 is 2.33 bits per heavy atom. The minimum absolute atomic E-state index is 0.142. The summed E-state index contributed by atoms with van der Waals surface area (Å²) >= 11 is 0. The standard InChI is InChI=1S/C16H17NO4/c1-20-14-8-12(9-15(10-14)21-2)17-16(19)7-11-4-3-5-13(18)6-11/h3-6,8-10,18H,7H2,1-2H3,(H,17,19). The predicted octanol–water partition coefficient (Wildman–Crippen LogP) is 2.59. The van der Waals surface area contributed by atoms with Gasteiger partial charge < -0.3 is 19.9 Å². The van der Waals surface area contributed by atoms with E-state index >= 15 is 0 Å². The van der Waals surface area contributed by atoms with Gasteiger partial charge >= 0.3 is 0 Å². The average molecular weight is 287 g/mol. The van der Waals surface area contributed by atoms with E-state index in [-0.39, 0.29) is 18.1 Å². The number of ether oxygens (including phenoxy) is 2. The van der Waals surface area contributed by atoms with Crippen molar-refractivity contribution in [1.29, 1.82) is 0 Å². The molecule has 0 saturated heterocycles. The summed E-state index contributed by atoms with van der Waals surface area (Å²) in [5.41, 5.74) is 1.33. The number of rotatable bonds is 5. The normalized spacial score (nSPS) is 10.0. The van der Waals surface area contributed by atoms with Gasteiger partial charge in [0.25, 0.3) is 0 Å². The Balaban J connectivity index is 2.08. The number of benzene rings is 2. The summed E-state index contributed by atoms with van der Waals surface area (Å²) in [6.45, 7) is 0. The first-order chi connectivity index (χ1) is 10.1. The van der Waals surface area contributed by atoms with E-state index in [9.17, 15) is 9.90 Å². The van der Waals surface area contributed by atoms with Crippen molar-refractivity contribution in [2.45, 2.75) is 6.42 Å². The number of hydrogen-bond acceptors (Lipinski definition) is 4. The first-order valence-electron chi connectivity index (χ1n) is 6.41. The molecule has 21 heavy (non-hydrogen) atoms. The van der Waals surface area contributed by atoms with Crippen LogP contribution in [0.4, 0.5) is 5.69 Å². The molecule has 2 N–H and O–H groups in total. The monoisotopic (exact) mass is 287 g/mol. The fourth-order valence-corrected chi connectivity index (χ4v) is 1.94. The van der Waals surface area contributed by atoms with Crippen molar-refractivity contribution in [1.82, 2.24) is 0 Å². The summed E-state index contributed by atoms with van der Waals surface area (Å²) in [6, 6.07) is 11.8. The van der Waals surface area contributed by atoms with Gasteiger partial charge in [-0.15, -0.1) is 0 Å². The Bertz CT molecular complexity index is 618. The molecular weight excluding hydrogens is 270 g/mol. The summed E-state index contributed by atoms with van der Waals surface area (Å²) in [5, 5.41) is 12.2. The fourth-order valence-electron chi connectivity index (χ4n) is 1.94. The third-order valence-electron chi connectivity index (χ3n) is 2.91. The number of methoxy groups -OCH3 is 2. The second-order valence-corrected chi connectivity index (χ2v) is 4.50. The molecule has 2 aromatic rings. The van der Waals surface area contributed by atoms with Crippen molar-refractivity contribution >= 4 is 11.6 Å². The van der Waals surface area contributed by atoms with Gasteiger partial charge in [0.15, 0.2) is 0 Å². The van der Waals surface area contributed by atoms with Crippen LogP contribution in [0.3, 0.4) is 0 Å². The van der Waals surface area contributed by atoms with E-state index in [0.717, 1.165) is 5.56 Å². The van der Waals surface area contributed by atoms with E-state index in [0.29, 0.717) is 17.2 Å². The van der Waals surface area contributed by atoms with Gasteiger partial charge in [0.2, 0.25) is 5.91 Å². The first kappa shape index (κ1) is 14.7. The second kappa shape index (κ2) is 6.65. The lowest BCUT2D eigenvalue weighted by Gasteiger charge is -2.10. The van der Waals surface area contributed by atoms with Gasteiger partial charge in [-0.25, -0.2) is 0 Å². The lowest BCUT2D eigenvalue weighted by molar-refractivity contribution is -0.115. The number of phenols is 1. The van der Waals surface area contributed by atoms with E-state index in [1.165, 1.54) is 0 Å². The van der Waals surface area contributed by atoms with Crippen molar-refractivity contribution < 1.29 is 19.4 Å². The summed E-state index contributed by atoms with van der Waals surface area (Å²) < 4.78 is 10.3. The van der Waals surface area contributed by atoms with Crippen LogP contribution in [0.5, 0.6) is 17.2 Å². The molecule has 0 radical (unpaired) electrons. The molecule has 0 heterocycles. The van der Waals surface area contributed by atoms with E-state index in [1.807, 2.05) is 0 Å². The molecule has 0 saturated carbocycles. The van der Waals surface area contributed by atoms with Crippen molar-refractivity contribution in [3.8, 4) is 17.2 Å². The molecule has 0 bridgehead atoms. The molecule has 5 nitrogen and oxygen atoms in total. The Morgan fingerprint density at radius 2 is 1.76 bits per heavy atom. The number of phenolic OH excluding ortho intramolecular Hbond substituents is 1. The lowest BCUT2D eigenvalue weighted by atomic mass is 10.1. The molecule has 0 atom stereocenters. The third-order valence-corrected chi connectivity index (χ3v) is 2.91. The maximum Gasteiger partial charge on any atom is 0.228 e. The highest BCUT2D eigenvalue weighted by Crippen LogP contribution is 2.25. The van der Waals surface area contributed by atoms with Crippen LogP contribution in [0.1, 0.15) is 5.56 Å². The zero-order valence-corrected chi connectivity index (χ0v) is 11.9. The SMILES string of the molecule is COc1cc(NC(=O)Cc2cccc(O)c2)cc(OC)c1. The molecule has 110 valence electrons. The summed E-state index contributed by atoms with van der Waals surface area (Å²) in [6.07, 6.45) is 0.175. The predicted molar refractivity (Wildman–Crippen MR) is 80.0 cm³/mol.